The highest BCUT2D eigenvalue weighted by atomic mass is 16.2. The van der Waals surface area contributed by atoms with Crippen LogP contribution in [0.2, 0.25) is 0 Å². The minimum atomic E-state index is -0.337. The average Bonchev–Trinajstić information content (AvgIpc) is 2.91. The molecule has 0 saturated carbocycles. The van der Waals surface area contributed by atoms with Gasteiger partial charge in [-0.1, -0.05) is 91.0 Å². The number of carbonyl (C=O) groups is 1. The average molecular weight is 460 g/mol. The highest BCUT2D eigenvalue weighted by Crippen LogP contribution is 2.17. The van der Waals surface area contributed by atoms with Gasteiger partial charge in [0.05, 0.1) is 6.54 Å². The van der Waals surface area contributed by atoms with Crippen LogP contribution >= 0.6 is 0 Å². The molecule has 172 valence electrons. The highest BCUT2D eigenvalue weighted by molar-refractivity contribution is 5.97. The van der Waals surface area contributed by atoms with Crippen molar-refractivity contribution in [2.45, 2.75) is 19.6 Å². The Morgan fingerprint density at radius 3 is 1.83 bits per heavy atom. The molecule has 0 bridgehead atoms. The van der Waals surface area contributed by atoms with E-state index in [9.17, 15) is 9.59 Å². The normalized spacial score (nSPS) is 10.9. The summed E-state index contributed by atoms with van der Waals surface area (Å²) in [6.45, 7) is 1.14. The van der Waals surface area contributed by atoms with E-state index in [1.807, 2.05) is 103 Å². The first-order valence-electron chi connectivity index (χ1n) is 11.6. The maximum Gasteiger partial charge on any atom is 0.265 e. The van der Waals surface area contributed by atoms with E-state index in [-0.39, 0.29) is 17.0 Å². The molecule has 5 heteroatoms. The van der Waals surface area contributed by atoms with E-state index in [1.54, 1.807) is 21.7 Å². The van der Waals surface area contributed by atoms with Gasteiger partial charge >= 0.3 is 0 Å². The molecule has 5 aromatic rings. The molecule has 0 aliphatic heterocycles. The second-order valence-electron chi connectivity index (χ2n) is 8.48. The highest BCUT2D eigenvalue weighted by Gasteiger charge is 2.22. The zero-order chi connectivity index (χ0) is 24.0. The van der Waals surface area contributed by atoms with Gasteiger partial charge in [0.2, 0.25) is 0 Å². The van der Waals surface area contributed by atoms with Crippen LogP contribution in [-0.2, 0) is 19.6 Å². The van der Waals surface area contributed by atoms with Gasteiger partial charge in [0.15, 0.2) is 0 Å². The van der Waals surface area contributed by atoms with Gasteiger partial charge in [0, 0.05) is 24.7 Å². The summed E-state index contributed by atoms with van der Waals surface area (Å²) in [5, 5.41) is 0.755. The van der Waals surface area contributed by atoms with Crippen molar-refractivity contribution in [3.05, 3.63) is 148 Å². The molecule has 0 aliphatic rings. The molecule has 0 aliphatic carbocycles. The van der Waals surface area contributed by atoms with Gasteiger partial charge < -0.3 is 4.90 Å². The molecule has 5 nitrogen and oxygen atoms in total. The lowest BCUT2D eigenvalue weighted by molar-refractivity contribution is 0.0728. The quantitative estimate of drug-likeness (QED) is 0.332. The van der Waals surface area contributed by atoms with Crippen molar-refractivity contribution >= 4 is 16.9 Å². The summed E-state index contributed by atoms with van der Waals surface area (Å²) in [5.41, 5.74) is 3.35. The van der Waals surface area contributed by atoms with E-state index >= 15 is 0 Å². The molecule has 5 rings (SSSR count). The molecule has 3 aromatic carbocycles. The summed E-state index contributed by atoms with van der Waals surface area (Å²) < 4.78 is 1.60. The van der Waals surface area contributed by atoms with Crippen molar-refractivity contribution in [1.29, 1.82) is 0 Å². The van der Waals surface area contributed by atoms with Crippen LogP contribution in [-0.4, -0.2) is 20.4 Å². The van der Waals surface area contributed by atoms with Crippen molar-refractivity contribution in [3.63, 3.8) is 0 Å². The standard InChI is InChI=1S/C30H25N3O2/c34-29(32(20-23-11-4-1-5-12-23)21-24-13-6-2-7-14-24)27-19-26-17-10-18-31-28(26)33(30(27)35)22-25-15-8-3-9-16-25/h1-19H,20-22H2. The number of hydrogen-bond donors (Lipinski definition) is 0. The largest absolute Gasteiger partial charge is 0.330 e. The van der Waals surface area contributed by atoms with Crippen LogP contribution in [0.15, 0.2) is 120 Å². The van der Waals surface area contributed by atoms with Crippen LogP contribution in [0.3, 0.4) is 0 Å². The lowest BCUT2D eigenvalue weighted by atomic mass is 10.1. The summed E-state index contributed by atoms with van der Waals surface area (Å²) in [6, 6.07) is 34.8. The Bertz CT molecular complexity index is 1460. The number of benzene rings is 3. The molecule has 0 spiro atoms. The SMILES string of the molecule is O=C(c1cc2cccnc2n(Cc2ccccc2)c1=O)N(Cc1ccccc1)Cc1ccccc1. The second kappa shape index (κ2) is 10.2. The van der Waals surface area contributed by atoms with Crippen LogP contribution < -0.4 is 5.56 Å². The number of amides is 1. The minimum absolute atomic E-state index is 0.147. The second-order valence-corrected chi connectivity index (χ2v) is 8.48. The Balaban J connectivity index is 1.58. The first-order valence-corrected chi connectivity index (χ1v) is 11.6. The topological polar surface area (TPSA) is 55.2 Å². The van der Waals surface area contributed by atoms with Crippen LogP contribution in [0, 0.1) is 0 Å². The van der Waals surface area contributed by atoms with Crippen LogP contribution in [0.25, 0.3) is 11.0 Å². The molecule has 35 heavy (non-hydrogen) atoms. The van der Waals surface area contributed by atoms with Crippen molar-refractivity contribution in [3.8, 4) is 0 Å². The number of rotatable bonds is 7. The van der Waals surface area contributed by atoms with Crippen LogP contribution in [0.1, 0.15) is 27.0 Å². The molecule has 0 N–H and O–H groups in total. The van der Waals surface area contributed by atoms with Gasteiger partial charge in [-0.3, -0.25) is 14.2 Å². The van der Waals surface area contributed by atoms with E-state index < -0.39 is 0 Å². The third-order valence-corrected chi connectivity index (χ3v) is 5.98. The first-order chi connectivity index (χ1) is 17.2. The minimum Gasteiger partial charge on any atom is -0.330 e. The van der Waals surface area contributed by atoms with E-state index in [1.165, 1.54) is 0 Å². The van der Waals surface area contributed by atoms with Gasteiger partial charge in [-0.05, 0) is 34.9 Å². The van der Waals surface area contributed by atoms with E-state index in [2.05, 4.69) is 4.98 Å². The zero-order valence-electron chi connectivity index (χ0n) is 19.2. The summed E-state index contributed by atoms with van der Waals surface area (Å²) in [6.07, 6.45) is 1.67. The maximum atomic E-state index is 13.9. The summed E-state index contributed by atoms with van der Waals surface area (Å²) in [7, 11) is 0. The van der Waals surface area contributed by atoms with Crippen molar-refractivity contribution in [2.75, 3.05) is 0 Å². The molecule has 0 atom stereocenters. The fourth-order valence-corrected chi connectivity index (χ4v) is 4.25. The monoisotopic (exact) mass is 459 g/mol. The lowest BCUT2D eigenvalue weighted by Crippen LogP contribution is -2.36. The van der Waals surface area contributed by atoms with Gasteiger partial charge in [-0.25, -0.2) is 4.98 Å². The van der Waals surface area contributed by atoms with Gasteiger partial charge in [0.1, 0.15) is 11.2 Å². The Morgan fingerprint density at radius 1 is 0.714 bits per heavy atom. The summed E-state index contributed by atoms with van der Waals surface area (Å²) >= 11 is 0. The third-order valence-electron chi connectivity index (χ3n) is 5.98. The van der Waals surface area contributed by atoms with E-state index in [0.717, 1.165) is 22.1 Å². The summed E-state index contributed by atoms with van der Waals surface area (Å²) in [4.78, 5) is 33.8. The predicted octanol–water partition coefficient (Wildman–Crippen LogP) is 5.29. The number of carbonyl (C=O) groups excluding carboxylic acids is 1. The maximum absolute atomic E-state index is 13.9. The number of fused-ring (bicyclic) bond motifs is 1. The van der Waals surface area contributed by atoms with Gasteiger partial charge in [-0.2, -0.15) is 0 Å². The molecule has 0 fully saturated rings. The molecule has 0 radical (unpaired) electrons. The zero-order valence-corrected chi connectivity index (χ0v) is 19.2. The van der Waals surface area contributed by atoms with Crippen molar-refractivity contribution in [2.24, 2.45) is 0 Å². The molecule has 1 amide bonds. The van der Waals surface area contributed by atoms with Gasteiger partial charge in [0.25, 0.3) is 11.5 Å². The molecular formula is C30H25N3O2. The Labute approximate surface area is 203 Å². The number of aromatic nitrogens is 2. The number of pyridine rings is 2. The Hall–Kier alpha value is -4.51. The van der Waals surface area contributed by atoms with E-state index in [4.69, 9.17) is 0 Å². The predicted molar refractivity (Wildman–Crippen MR) is 138 cm³/mol. The first kappa shape index (κ1) is 22.3. The summed E-state index contributed by atoms with van der Waals surface area (Å²) in [5.74, 6) is -0.296. The number of hydrogen-bond acceptors (Lipinski definition) is 3. The van der Waals surface area contributed by atoms with Crippen molar-refractivity contribution in [1.82, 2.24) is 14.5 Å². The molecular weight excluding hydrogens is 434 g/mol. The number of nitrogens with zero attached hydrogens (tertiary/aromatic N) is 3. The molecule has 0 saturated heterocycles. The lowest BCUT2D eigenvalue weighted by Gasteiger charge is -2.24. The van der Waals surface area contributed by atoms with E-state index in [0.29, 0.717) is 25.3 Å². The fourth-order valence-electron chi connectivity index (χ4n) is 4.25. The molecule has 0 unspecified atom stereocenters. The van der Waals surface area contributed by atoms with Crippen LogP contribution in [0.5, 0.6) is 0 Å². The molecule has 2 aromatic heterocycles. The third kappa shape index (κ3) is 5.04. The fraction of sp³-hybridized carbons (Fsp3) is 0.100. The van der Waals surface area contributed by atoms with Gasteiger partial charge in [-0.15, -0.1) is 0 Å². The van der Waals surface area contributed by atoms with Crippen molar-refractivity contribution < 1.29 is 4.79 Å². The smallest absolute Gasteiger partial charge is 0.265 e. The van der Waals surface area contributed by atoms with Crippen LogP contribution in [0.4, 0.5) is 0 Å². The Kier molecular flexibility index (Phi) is 6.48. The molecule has 2 heterocycles. The Morgan fingerprint density at radius 2 is 1.26 bits per heavy atom.